The number of halogens is 2. The van der Waals surface area contributed by atoms with Crippen molar-refractivity contribution < 1.29 is 13.5 Å². The second-order valence-corrected chi connectivity index (χ2v) is 3.96. The molecule has 1 aromatic carbocycles. The average Bonchev–Trinajstić information content (AvgIpc) is 2.64. The summed E-state index contributed by atoms with van der Waals surface area (Å²) < 4.78 is 31.5. The lowest BCUT2D eigenvalue weighted by molar-refractivity contribution is 0.302. The molecule has 90 valence electrons. The topological polar surface area (TPSA) is 9.23 Å². The van der Waals surface area contributed by atoms with Crippen LogP contribution in [0.1, 0.15) is 39.2 Å². The van der Waals surface area contributed by atoms with Gasteiger partial charge in [-0.1, -0.05) is 27.7 Å². The summed E-state index contributed by atoms with van der Waals surface area (Å²) in [4.78, 5) is 0. The number of fused-ring (bicyclic) bond motifs is 1. The van der Waals surface area contributed by atoms with Gasteiger partial charge < -0.3 is 4.74 Å². The van der Waals surface area contributed by atoms with Crippen molar-refractivity contribution in [2.75, 3.05) is 6.61 Å². The first kappa shape index (κ1) is 12.9. The summed E-state index contributed by atoms with van der Waals surface area (Å²) in [5.74, 6) is -0.357. The molecule has 0 saturated heterocycles. The highest BCUT2D eigenvalue weighted by Gasteiger charge is 2.30. The number of ether oxygens (including phenoxy) is 1. The molecule has 0 spiro atoms. The lowest BCUT2D eigenvalue weighted by atomic mass is 9.90. The van der Waals surface area contributed by atoms with Crippen LogP contribution in [0, 0.1) is 17.6 Å². The maximum atomic E-state index is 13.4. The van der Waals surface area contributed by atoms with E-state index in [1.54, 1.807) is 0 Å². The Morgan fingerprint density at radius 3 is 2.44 bits per heavy atom. The normalized spacial score (nSPS) is 17.6. The number of hydrogen-bond acceptors (Lipinski definition) is 1. The van der Waals surface area contributed by atoms with Crippen LogP contribution in [0.5, 0.6) is 5.75 Å². The zero-order chi connectivity index (χ0) is 12.3. The molecule has 0 saturated carbocycles. The largest absolute Gasteiger partial charge is 0.492 e. The molecule has 0 fully saturated rings. The Balaban J connectivity index is 0.000000606. The molecular formula is C13H18F2O. The SMILES string of the molecule is CC.CC(C)C1COc2cc(F)cc(F)c21. The van der Waals surface area contributed by atoms with Crippen LogP contribution in [0.3, 0.4) is 0 Å². The molecule has 1 aliphatic heterocycles. The van der Waals surface area contributed by atoms with E-state index in [2.05, 4.69) is 0 Å². The molecule has 1 aromatic rings. The molecule has 0 bridgehead atoms. The van der Waals surface area contributed by atoms with Crippen LogP contribution < -0.4 is 4.74 Å². The van der Waals surface area contributed by atoms with Crippen LogP contribution in [-0.2, 0) is 0 Å². The van der Waals surface area contributed by atoms with Crippen molar-refractivity contribution in [3.63, 3.8) is 0 Å². The van der Waals surface area contributed by atoms with Crippen LogP contribution in [0.25, 0.3) is 0 Å². The molecule has 1 unspecified atom stereocenters. The smallest absolute Gasteiger partial charge is 0.133 e. The van der Waals surface area contributed by atoms with Crippen LogP contribution >= 0.6 is 0 Å². The van der Waals surface area contributed by atoms with E-state index < -0.39 is 11.6 Å². The van der Waals surface area contributed by atoms with Gasteiger partial charge in [-0.05, 0) is 5.92 Å². The van der Waals surface area contributed by atoms with Crippen LogP contribution in [0.15, 0.2) is 12.1 Å². The van der Waals surface area contributed by atoms with E-state index in [1.807, 2.05) is 27.7 Å². The van der Waals surface area contributed by atoms with Gasteiger partial charge in [0, 0.05) is 23.6 Å². The van der Waals surface area contributed by atoms with E-state index in [1.165, 1.54) is 6.07 Å². The second-order valence-electron chi connectivity index (χ2n) is 3.96. The van der Waals surface area contributed by atoms with Crippen molar-refractivity contribution in [1.82, 2.24) is 0 Å². The molecule has 1 aliphatic rings. The van der Waals surface area contributed by atoms with E-state index in [0.717, 1.165) is 6.07 Å². The van der Waals surface area contributed by atoms with Crippen molar-refractivity contribution in [2.24, 2.45) is 5.92 Å². The maximum Gasteiger partial charge on any atom is 0.133 e. The first-order chi connectivity index (χ1) is 7.59. The Morgan fingerprint density at radius 1 is 1.25 bits per heavy atom. The van der Waals surface area contributed by atoms with Gasteiger partial charge in [0.2, 0.25) is 0 Å². The van der Waals surface area contributed by atoms with E-state index in [-0.39, 0.29) is 5.92 Å². The quantitative estimate of drug-likeness (QED) is 0.702. The molecule has 16 heavy (non-hydrogen) atoms. The first-order valence-electron chi connectivity index (χ1n) is 5.71. The molecular weight excluding hydrogens is 210 g/mol. The molecule has 3 heteroatoms. The van der Waals surface area contributed by atoms with Gasteiger partial charge in [0.25, 0.3) is 0 Å². The third-order valence-corrected chi connectivity index (χ3v) is 2.65. The Labute approximate surface area is 95.4 Å². The van der Waals surface area contributed by atoms with E-state index in [0.29, 0.717) is 23.8 Å². The highest BCUT2D eigenvalue weighted by Crippen LogP contribution is 2.40. The van der Waals surface area contributed by atoms with Crippen molar-refractivity contribution in [3.05, 3.63) is 29.3 Å². The minimum absolute atomic E-state index is 0.0469. The summed E-state index contributed by atoms with van der Waals surface area (Å²) in [6.07, 6.45) is 0. The van der Waals surface area contributed by atoms with Gasteiger partial charge in [-0.25, -0.2) is 8.78 Å². The number of benzene rings is 1. The van der Waals surface area contributed by atoms with E-state index >= 15 is 0 Å². The lowest BCUT2D eigenvalue weighted by Crippen LogP contribution is -2.09. The summed E-state index contributed by atoms with van der Waals surface area (Å²) in [5, 5.41) is 0. The molecule has 0 radical (unpaired) electrons. The molecule has 0 aliphatic carbocycles. The number of rotatable bonds is 1. The minimum Gasteiger partial charge on any atom is -0.492 e. The summed E-state index contributed by atoms with van der Waals surface area (Å²) >= 11 is 0. The fourth-order valence-electron chi connectivity index (χ4n) is 1.83. The van der Waals surface area contributed by atoms with Crippen molar-refractivity contribution in [1.29, 1.82) is 0 Å². The molecule has 2 rings (SSSR count). The number of hydrogen-bond donors (Lipinski definition) is 0. The van der Waals surface area contributed by atoms with E-state index in [9.17, 15) is 8.78 Å². The summed E-state index contributed by atoms with van der Waals surface area (Å²) in [6, 6.07) is 2.17. The third-order valence-electron chi connectivity index (χ3n) is 2.65. The van der Waals surface area contributed by atoms with Gasteiger partial charge in [-0.3, -0.25) is 0 Å². The Kier molecular flexibility index (Phi) is 4.27. The molecule has 1 atom stereocenters. The molecule has 1 nitrogen and oxygen atoms in total. The first-order valence-corrected chi connectivity index (χ1v) is 5.71. The molecule has 0 N–H and O–H groups in total. The average molecular weight is 228 g/mol. The van der Waals surface area contributed by atoms with Gasteiger partial charge in [0.15, 0.2) is 0 Å². The highest BCUT2D eigenvalue weighted by molar-refractivity contribution is 5.41. The highest BCUT2D eigenvalue weighted by atomic mass is 19.1. The van der Waals surface area contributed by atoms with Crippen molar-refractivity contribution >= 4 is 0 Å². The zero-order valence-electron chi connectivity index (χ0n) is 10.2. The van der Waals surface area contributed by atoms with Gasteiger partial charge >= 0.3 is 0 Å². The monoisotopic (exact) mass is 228 g/mol. The summed E-state index contributed by atoms with van der Waals surface area (Å²) in [7, 11) is 0. The van der Waals surface area contributed by atoms with Crippen LogP contribution in [0.2, 0.25) is 0 Å². The second kappa shape index (κ2) is 5.28. The Hall–Kier alpha value is -1.12. The van der Waals surface area contributed by atoms with Gasteiger partial charge in [0.05, 0.1) is 6.61 Å². The third kappa shape index (κ3) is 2.34. The van der Waals surface area contributed by atoms with Crippen LogP contribution in [0.4, 0.5) is 8.78 Å². The van der Waals surface area contributed by atoms with Gasteiger partial charge in [-0.2, -0.15) is 0 Å². The fourth-order valence-corrected chi connectivity index (χ4v) is 1.83. The molecule has 0 amide bonds. The minimum atomic E-state index is -0.578. The Morgan fingerprint density at radius 2 is 1.88 bits per heavy atom. The standard InChI is InChI=1S/C11H12F2O.C2H6/c1-6(2)8-5-14-10-4-7(12)3-9(13)11(8)10;1-2/h3-4,6,8H,5H2,1-2H3;1-2H3. The van der Waals surface area contributed by atoms with Gasteiger partial charge in [-0.15, -0.1) is 0 Å². The van der Waals surface area contributed by atoms with Crippen molar-refractivity contribution in [2.45, 2.75) is 33.6 Å². The lowest BCUT2D eigenvalue weighted by Gasteiger charge is -2.12. The molecule has 1 heterocycles. The van der Waals surface area contributed by atoms with E-state index in [4.69, 9.17) is 4.74 Å². The predicted molar refractivity (Wildman–Crippen MR) is 60.8 cm³/mol. The van der Waals surface area contributed by atoms with Crippen LogP contribution in [-0.4, -0.2) is 6.61 Å². The Bertz CT molecular complexity index is 361. The van der Waals surface area contributed by atoms with Crippen molar-refractivity contribution in [3.8, 4) is 5.75 Å². The predicted octanol–water partition coefficient (Wildman–Crippen LogP) is 4.12. The summed E-state index contributed by atoms with van der Waals surface area (Å²) in [5.41, 5.74) is 0.529. The fraction of sp³-hybridized carbons (Fsp3) is 0.538. The summed E-state index contributed by atoms with van der Waals surface area (Å²) in [6.45, 7) is 8.46. The van der Waals surface area contributed by atoms with Gasteiger partial charge in [0.1, 0.15) is 17.4 Å². The zero-order valence-corrected chi connectivity index (χ0v) is 10.2. The molecule has 0 aromatic heterocycles. The maximum absolute atomic E-state index is 13.4.